The Hall–Kier alpha value is -2.34. The SMILES string of the molecule is CC(Cc1ccsc1)NC(=O)c1cccc(OC2CCN(C(=O)C3CC3)CC2)c1. The average Bonchev–Trinajstić information content (AvgIpc) is 3.45. The first-order chi connectivity index (χ1) is 14.1. The molecular formula is C23H28N2O3S. The van der Waals surface area contributed by atoms with Gasteiger partial charge >= 0.3 is 0 Å². The minimum atomic E-state index is -0.0805. The molecule has 1 aromatic carbocycles. The third kappa shape index (κ3) is 5.38. The molecule has 2 aromatic rings. The van der Waals surface area contributed by atoms with Crippen LogP contribution >= 0.6 is 11.3 Å². The third-order valence-electron chi connectivity index (χ3n) is 5.58. The quantitative estimate of drug-likeness (QED) is 0.751. The fraction of sp³-hybridized carbons (Fsp3) is 0.478. The van der Waals surface area contributed by atoms with E-state index in [1.807, 2.05) is 36.1 Å². The van der Waals surface area contributed by atoms with E-state index in [2.05, 4.69) is 22.1 Å². The van der Waals surface area contributed by atoms with Crippen LogP contribution in [0.25, 0.3) is 0 Å². The molecule has 2 heterocycles. The van der Waals surface area contributed by atoms with Crippen molar-refractivity contribution < 1.29 is 14.3 Å². The van der Waals surface area contributed by atoms with Gasteiger partial charge in [0.05, 0.1) is 0 Å². The second kappa shape index (κ2) is 8.99. The Labute approximate surface area is 176 Å². The Kier molecular flexibility index (Phi) is 6.19. The van der Waals surface area contributed by atoms with E-state index in [9.17, 15) is 9.59 Å². The highest BCUT2D eigenvalue weighted by Crippen LogP contribution is 2.32. The molecule has 4 rings (SSSR count). The maximum atomic E-state index is 12.6. The molecule has 2 amide bonds. The van der Waals surface area contributed by atoms with Crippen LogP contribution in [0.5, 0.6) is 5.75 Å². The van der Waals surface area contributed by atoms with Crippen molar-refractivity contribution in [3.8, 4) is 5.75 Å². The van der Waals surface area contributed by atoms with Crippen molar-refractivity contribution in [2.45, 2.75) is 51.2 Å². The van der Waals surface area contributed by atoms with Crippen LogP contribution in [0.15, 0.2) is 41.1 Å². The van der Waals surface area contributed by atoms with Gasteiger partial charge in [-0.1, -0.05) is 6.07 Å². The molecule has 0 spiro atoms. The molecule has 29 heavy (non-hydrogen) atoms. The molecule has 0 radical (unpaired) electrons. The summed E-state index contributed by atoms with van der Waals surface area (Å²) in [6.07, 6.45) is 4.70. The number of nitrogens with zero attached hydrogens (tertiary/aromatic N) is 1. The Balaban J connectivity index is 1.28. The minimum Gasteiger partial charge on any atom is -0.490 e. The van der Waals surface area contributed by atoms with Crippen molar-refractivity contribution in [2.24, 2.45) is 5.92 Å². The van der Waals surface area contributed by atoms with Gasteiger partial charge in [-0.15, -0.1) is 0 Å². The van der Waals surface area contributed by atoms with Gasteiger partial charge in [0.1, 0.15) is 11.9 Å². The number of ether oxygens (including phenoxy) is 1. The number of piperidine rings is 1. The highest BCUT2D eigenvalue weighted by Gasteiger charge is 2.35. The highest BCUT2D eigenvalue weighted by atomic mass is 32.1. The van der Waals surface area contributed by atoms with E-state index in [1.165, 1.54) is 5.56 Å². The predicted molar refractivity (Wildman–Crippen MR) is 114 cm³/mol. The summed E-state index contributed by atoms with van der Waals surface area (Å²) in [5.74, 6) is 1.24. The monoisotopic (exact) mass is 412 g/mol. The average molecular weight is 413 g/mol. The molecule has 5 nitrogen and oxygen atoms in total. The van der Waals surface area contributed by atoms with E-state index in [-0.39, 0.29) is 24.0 Å². The van der Waals surface area contributed by atoms with Crippen LogP contribution in [0.4, 0.5) is 0 Å². The van der Waals surface area contributed by atoms with E-state index in [4.69, 9.17) is 4.74 Å². The minimum absolute atomic E-state index is 0.0648. The van der Waals surface area contributed by atoms with Gasteiger partial charge in [-0.25, -0.2) is 0 Å². The van der Waals surface area contributed by atoms with Gasteiger partial charge in [-0.05, 0) is 66.8 Å². The molecule has 2 aliphatic rings. The zero-order valence-electron chi connectivity index (χ0n) is 16.8. The number of hydrogen-bond acceptors (Lipinski definition) is 4. The normalized spacial score (nSPS) is 18.3. The van der Waals surface area contributed by atoms with Gasteiger partial charge in [-0.3, -0.25) is 9.59 Å². The van der Waals surface area contributed by atoms with E-state index in [0.29, 0.717) is 11.5 Å². The first-order valence-electron chi connectivity index (χ1n) is 10.5. The van der Waals surface area contributed by atoms with Crippen molar-refractivity contribution in [3.63, 3.8) is 0 Å². The number of thiophene rings is 1. The molecule has 1 aliphatic heterocycles. The summed E-state index contributed by atoms with van der Waals surface area (Å²) >= 11 is 1.67. The Morgan fingerprint density at radius 1 is 1.21 bits per heavy atom. The Morgan fingerprint density at radius 2 is 2.00 bits per heavy atom. The maximum absolute atomic E-state index is 12.6. The highest BCUT2D eigenvalue weighted by molar-refractivity contribution is 7.07. The summed E-state index contributed by atoms with van der Waals surface area (Å²) < 4.78 is 6.12. The number of likely N-dealkylation sites (tertiary alicyclic amines) is 1. The molecule has 1 atom stereocenters. The van der Waals surface area contributed by atoms with Crippen LogP contribution in [-0.4, -0.2) is 41.9 Å². The van der Waals surface area contributed by atoms with Gasteiger partial charge in [0, 0.05) is 43.5 Å². The zero-order valence-corrected chi connectivity index (χ0v) is 17.6. The molecule has 0 bridgehead atoms. The number of carbonyl (C=O) groups excluding carboxylic acids is 2. The number of rotatable bonds is 7. The lowest BCUT2D eigenvalue weighted by atomic mass is 10.1. The van der Waals surface area contributed by atoms with Crippen molar-refractivity contribution in [3.05, 3.63) is 52.2 Å². The largest absolute Gasteiger partial charge is 0.490 e. The van der Waals surface area contributed by atoms with E-state index in [0.717, 1.165) is 50.9 Å². The number of hydrogen-bond donors (Lipinski definition) is 1. The van der Waals surface area contributed by atoms with E-state index in [1.54, 1.807) is 11.3 Å². The van der Waals surface area contributed by atoms with Gasteiger partial charge < -0.3 is 15.0 Å². The van der Waals surface area contributed by atoms with Gasteiger partial charge in [0.2, 0.25) is 5.91 Å². The summed E-state index contributed by atoms with van der Waals surface area (Å²) in [5, 5.41) is 7.23. The summed E-state index contributed by atoms with van der Waals surface area (Å²) in [5.41, 5.74) is 1.85. The molecule has 2 fully saturated rings. The third-order valence-corrected chi connectivity index (χ3v) is 6.31. The molecule has 1 aromatic heterocycles. The summed E-state index contributed by atoms with van der Waals surface area (Å²) in [4.78, 5) is 26.8. The lowest BCUT2D eigenvalue weighted by molar-refractivity contribution is -0.134. The van der Waals surface area contributed by atoms with Crippen molar-refractivity contribution >= 4 is 23.2 Å². The van der Waals surface area contributed by atoms with Crippen LogP contribution in [0.2, 0.25) is 0 Å². The second-order valence-corrected chi connectivity index (χ2v) is 8.93. The van der Waals surface area contributed by atoms with E-state index < -0.39 is 0 Å². The van der Waals surface area contributed by atoms with Gasteiger partial charge in [0.15, 0.2) is 0 Å². The van der Waals surface area contributed by atoms with Crippen molar-refractivity contribution in [1.82, 2.24) is 10.2 Å². The molecule has 1 unspecified atom stereocenters. The standard InChI is InChI=1S/C23H28N2O3S/c1-16(13-17-9-12-29-15-17)24-22(26)19-3-2-4-21(14-19)28-20-7-10-25(11-8-20)23(27)18-5-6-18/h2-4,9,12,14-16,18,20H,5-8,10-11,13H2,1H3,(H,24,26). The van der Waals surface area contributed by atoms with Crippen molar-refractivity contribution in [1.29, 1.82) is 0 Å². The molecule has 6 heteroatoms. The van der Waals surface area contributed by atoms with Gasteiger partial charge in [-0.2, -0.15) is 11.3 Å². The van der Waals surface area contributed by atoms with Crippen LogP contribution < -0.4 is 10.1 Å². The molecular weight excluding hydrogens is 384 g/mol. The summed E-state index contributed by atoms with van der Waals surface area (Å²) in [6.45, 7) is 3.55. The second-order valence-electron chi connectivity index (χ2n) is 8.15. The lowest BCUT2D eigenvalue weighted by Gasteiger charge is -2.32. The molecule has 1 aliphatic carbocycles. The summed E-state index contributed by atoms with van der Waals surface area (Å²) in [7, 11) is 0. The van der Waals surface area contributed by atoms with Crippen LogP contribution in [0.1, 0.15) is 48.5 Å². The number of amides is 2. The molecule has 154 valence electrons. The van der Waals surface area contributed by atoms with Gasteiger partial charge in [0.25, 0.3) is 5.91 Å². The first kappa shape index (κ1) is 20.0. The zero-order chi connectivity index (χ0) is 20.2. The maximum Gasteiger partial charge on any atom is 0.251 e. The number of carbonyl (C=O) groups is 2. The Morgan fingerprint density at radius 3 is 2.69 bits per heavy atom. The van der Waals surface area contributed by atoms with E-state index >= 15 is 0 Å². The Bertz CT molecular complexity index is 840. The smallest absolute Gasteiger partial charge is 0.251 e. The molecule has 1 saturated heterocycles. The fourth-order valence-corrected chi connectivity index (χ4v) is 4.49. The number of benzene rings is 1. The lowest BCUT2D eigenvalue weighted by Crippen LogP contribution is -2.42. The molecule has 1 saturated carbocycles. The predicted octanol–water partition coefficient (Wildman–Crippen LogP) is 3.89. The topological polar surface area (TPSA) is 58.6 Å². The first-order valence-corrected chi connectivity index (χ1v) is 11.4. The van der Waals surface area contributed by atoms with Crippen LogP contribution in [-0.2, 0) is 11.2 Å². The van der Waals surface area contributed by atoms with Crippen LogP contribution in [0.3, 0.4) is 0 Å². The van der Waals surface area contributed by atoms with Crippen molar-refractivity contribution in [2.75, 3.05) is 13.1 Å². The summed E-state index contributed by atoms with van der Waals surface area (Å²) in [6, 6.07) is 9.54. The molecule has 1 N–H and O–H groups in total. The fourth-order valence-electron chi connectivity index (χ4n) is 3.81. The number of nitrogens with one attached hydrogen (secondary N) is 1. The van der Waals surface area contributed by atoms with Crippen LogP contribution in [0, 0.1) is 5.92 Å².